The Balaban J connectivity index is 1.70. The largest absolute Gasteiger partial charge is 0.508 e. The van der Waals surface area contributed by atoms with E-state index in [4.69, 9.17) is 5.73 Å². The van der Waals surface area contributed by atoms with E-state index in [-0.39, 0.29) is 30.9 Å². The van der Waals surface area contributed by atoms with Crippen molar-refractivity contribution in [3.63, 3.8) is 0 Å². The number of thioether (sulfide) groups is 1. The van der Waals surface area contributed by atoms with Crippen LogP contribution in [0.5, 0.6) is 5.75 Å². The Morgan fingerprint density at radius 1 is 0.905 bits per heavy atom. The molecule has 21 nitrogen and oxygen atoms in total. The van der Waals surface area contributed by atoms with Gasteiger partial charge in [-0.1, -0.05) is 27.2 Å². The lowest BCUT2D eigenvalue weighted by Gasteiger charge is -2.31. The van der Waals surface area contributed by atoms with Crippen LogP contribution in [-0.4, -0.2) is 152 Å². The number of aliphatic hydroxyl groups is 3. The van der Waals surface area contributed by atoms with Crippen LogP contribution in [0.4, 0.5) is 0 Å². The van der Waals surface area contributed by atoms with Crippen molar-refractivity contribution in [2.24, 2.45) is 29.4 Å². The number of aromatic nitrogens is 1. The highest BCUT2D eigenvalue weighted by Gasteiger charge is 2.45. The van der Waals surface area contributed by atoms with E-state index in [2.05, 4.69) is 31.6 Å². The van der Waals surface area contributed by atoms with Gasteiger partial charge in [0.1, 0.15) is 17.8 Å². The number of aliphatic hydroxyl groups excluding tert-OH is 3. The number of amides is 7. The van der Waals surface area contributed by atoms with Crippen LogP contribution in [0.3, 0.4) is 0 Å². The number of nitrogens with two attached hydrogens (primary N) is 1. The number of benzene rings is 1. The summed E-state index contributed by atoms with van der Waals surface area (Å²) < 4.78 is 0. The van der Waals surface area contributed by atoms with Crippen molar-refractivity contribution < 1.29 is 63.6 Å². The van der Waals surface area contributed by atoms with Gasteiger partial charge in [0, 0.05) is 61.8 Å². The number of rotatable bonds is 7. The van der Waals surface area contributed by atoms with Gasteiger partial charge in [-0.2, -0.15) is 0 Å². The number of carbonyl (C=O) groups excluding carboxylic acids is 9. The summed E-state index contributed by atoms with van der Waals surface area (Å²) in [6, 6.07) is -1.12. The fourth-order valence-corrected chi connectivity index (χ4v) is 9.29. The topological polar surface area (TPSA) is 340 Å². The molecule has 7 amide bonds. The van der Waals surface area contributed by atoms with Gasteiger partial charge in [-0.05, 0) is 29.5 Å². The number of phenolic OH excluding ortho intramolecular Hbond substituents is 1. The number of nitrogens with zero attached hydrogens (tertiary/aromatic N) is 1. The first-order valence-corrected chi connectivity index (χ1v) is 21.8. The lowest BCUT2D eigenvalue weighted by Crippen LogP contribution is -2.56. The SMILES string of the molecule is CC[C@H](C)[C@@H]1NC(=O)CNC(=O)[C@@H]2Cc3c([nH]c4cc(O)ccc34)SC[C@H](NC(=O)CNC1=O)C(=O)C[C@@H](CC(N)=O)C(=O)N1C[C@H](O)C[C@H]1C(=O)C[C@@H]([C@@H](C)[C@@H](O)CO)C(=O)N2. The minimum Gasteiger partial charge on any atom is -0.508 e. The minimum absolute atomic E-state index is 0.128. The summed E-state index contributed by atoms with van der Waals surface area (Å²) in [7, 11) is 0. The third-order valence-electron chi connectivity index (χ3n) is 12.0. The van der Waals surface area contributed by atoms with E-state index in [1.807, 2.05) is 0 Å². The van der Waals surface area contributed by atoms with E-state index in [1.165, 1.54) is 19.1 Å². The first kappa shape index (κ1) is 48.5. The summed E-state index contributed by atoms with van der Waals surface area (Å²) in [5.74, 6) is -12.3. The predicted octanol–water partition coefficient (Wildman–Crippen LogP) is -2.75. The fraction of sp³-hybridized carbons (Fsp3) is 0.585. The van der Waals surface area contributed by atoms with E-state index >= 15 is 0 Å². The molecular formula is C41H56N8O13S. The van der Waals surface area contributed by atoms with Gasteiger partial charge in [0.25, 0.3) is 0 Å². The molecule has 12 N–H and O–H groups in total. The van der Waals surface area contributed by atoms with Crippen molar-refractivity contribution in [2.45, 2.75) is 101 Å². The number of hydrogen-bond donors (Lipinski definition) is 11. The van der Waals surface area contributed by atoms with Crippen molar-refractivity contribution in [3.8, 4) is 5.75 Å². The summed E-state index contributed by atoms with van der Waals surface area (Å²) in [5, 5.41) is 55.4. The first-order chi connectivity index (χ1) is 29.8. The molecule has 1 saturated heterocycles. The number of phenols is 1. The fourth-order valence-electron chi connectivity index (χ4n) is 8.13. The molecule has 344 valence electrons. The number of H-pyrrole nitrogens is 1. The number of aromatic hydroxyl groups is 1. The lowest BCUT2D eigenvalue weighted by atomic mass is 9.83. The number of primary amides is 1. The highest BCUT2D eigenvalue weighted by atomic mass is 32.2. The summed E-state index contributed by atoms with van der Waals surface area (Å²) in [6.45, 7) is 2.36. The van der Waals surface area contributed by atoms with Crippen molar-refractivity contribution in [1.29, 1.82) is 0 Å². The van der Waals surface area contributed by atoms with Crippen molar-refractivity contribution in [1.82, 2.24) is 36.5 Å². The Hall–Kier alpha value is -5.58. The van der Waals surface area contributed by atoms with Crippen molar-refractivity contribution >= 4 is 75.6 Å². The molecule has 10 atom stereocenters. The zero-order chi connectivity index (χ0) is 46.3. The Bertz CT molecular complexity index is 2110. The molecule has 0 aliphatic carbocycles. The summed E-state index contributed by atoms with van der Waals surface area (Å²) in [4.78, 5) is 128. The van der Waals surface area contributed by atoms with Gasteiger partial charge in [0.05, 0.1) is 60.4 Å². The number of ketones is 2. The molecule has 4 heterocycles. The van der Waals surface area contributed by atoms with E-state index in [0.717, 1.165) is 16.7 Å². The highest BCUT2D eigenvalue weighted by Crippen LogP contribution is 2.34. The molecule has 3 aliphatic rings. The van der Waals surface area contributed by atoms with Gasteiger partial charge in [-0.25, -0.2) is 0 Å². The molecule has 1 aromatic heterocycles. The van der Waals surface area contributed by atoms with E-state index in [0.29, 0.717) is 27.9 Å². The molecule has 0 radical (unpaired) electrons. The maximum Gasteiger partial charge on any atom is 0.243 e. The van der Waals surface area contributed by atoms with Crippen LogP contribution < -0.4 is 32.3 Å². The molecule has 63 heavy (non-hydrogen) atoms. The normalized spacial score (nSPS) is 27.8. The second-order valence-corrected chi connectivity index (χ2v) is 17.6. The van der Waals surface area contributed by atoms with Crippen LogP contribution >= 0.6 is 11.8 Å². The Morgan fingerprint density at radius 3 is 2.25 bits per heavy atom. The third kappa shape index (κ3) is 11.9. The van der Waals surface area contributed by atoms with Gasteiger partial charge >= 0.3 is 0 Å². The average molecular weight is 901 g/mol. The molecule has 0 unspecified atom stereocenters. The number of fused-ring (bicyclic) bond motifs is 5. The van der Waals surface area contributed by atoms with Gasteiger partial charge in [-0.3, -0.25) is 43.2 Å². The number of hydrogen-bond acceptors (Lipinski definition) is 14. The third-order valence-corrected chi connectivity index (χ3v) is 13.2. The second kappa shape index (κ2) is 21.2. The molecular weight excluding hydrogens is 845 g/mol. The van der Waals surface area contributed by atoms with E-state index in [1.54, 1.807) is 19.9 Å². The summed E-state index contributed by atoms with van der Waals surface area (Å²) in [6.07, 6.45) is -4.93. The van der Waals surface area contributed by atoms with Crippen LogP contribution in [0.1, 0.15) is 58.4 Å². The Morgan fingerprint density at radius 2 is 1.59 bits per heavy atom. The molecule has 1 fully saturated rings. The molecule has 0 saturated carbocycles. The van der Waals surface area contributed by atoms with Crippen molar-refractivity contribution in [3.05, 3.63) is 23.8 Å². The molecule has 0 spiro atoms. The molecule has 1 aromatic carbocycles. The second-order valence-electron chi connectivity index (χ2n) is 16.5. The monoisotopic (exact) mass is 900 g/mol. The average Bonchev–Trinajstić information content (AvgIpc) is 3.80. The van der Waals surface area contributed by atoms with Crippen LogP contribution in [0.15, 0.2) is 23.2 Å². The molecule has 2 aromatic rings. The van der Waals surface area contributed by atoms with Crippen molar-refractivity contribution in [2.75, 3.05) is 32.0 Å². The van der Waals surface area contributed by atoms with Crippen LogP contribution in [0.25, 0.3) is 10.9 Å². The smallest absolute Gasteiger partial charge is 0.243 e. The predicted molar refractivity (Wildman–Crippen MR) is 224 cm³/mol. The van der Waals surface area contributed by atoms with Gasteiger partial charge < -0.3 is 62.6 Å². The molecule has 22 heteroatoms. The summed E-state index contributed by atoms with van der Waals surface area (Å²) >= 11 is 1.00. The first-order valence-electron chi connectivity index (χ1n) is 20.8. The quantitative estimate of drug-likeness (QED) is 0.134. The van der Waals surface area contributed by atoms with E-state index in [9.17, 15) is 63.6 Å². The molecule has 3 aliphatic heterocycles. The summed E-state index contributed by atoms with van der Waals surface area (Å²) in [5.41, 5.74) is 6.31. The molecule has 5 rings (SSSR count). The maximum absolute atomic E-state index is 14.5. The number of nitrogens with one attached hydrogen (secondary N) is 6. The number of carbonyl (C=O) groups is 9. The van der Waals surface area contributed by atoms with Crippen LogP contribution in [0.2, 0.25) is 0 Å². The maximum atomic E-state index is 14.5. The Labute approximate surface area is 366 Å². The zero-order valence-electron chi connectivity index (χ0n) is 35.2. The highest BCUT2D eigenvalue weighted by molar-refractivity contribution is 7.99. The number of aromatic amines is 1. The minimum atomic E-state index is -1.54. The van der Waals surface area contributed by atoms with Crippen LogP contribution in [0, 0.1) is 23.7 Å². The van der Waals surface area contributed by atoms with Crippen LogP contribution in [-0.2, 0) is 49.6 Å². The Kier molecular flexibility index (Phi) is 16.3. The van der Waals surface area contributed by atoms with Gasteiger partial charge in [-0.15, -0.1) is 11.8 Å². The molecule has 2 bridgehead atoms. The van der Waals surface area contributed by atoms with Gasteiger partial charge in [0.15, 0.2) is 11.6 Å². The standard InChI is InChI=1S/C41H56N8O13S/c1-4-18(2)36-39(61)44-13-34(57)45-28-17-63-40-25(23-6-5-21(51)9-26(23)47-40)11-27(38(60)43-14-35(58)48-36)46-37(59)24(19(3)32(55)16-50)12-31(54)29-10-22(52)15-49(29)41(62)20(7-30(28)53)8-33(42)56/h5-6,9,18-20,22,24,27-29,32,36,47,50-52,55H,4,7-8,10-17H2,1-3H3,(H2,42,56)(H,43,60)(H,44,61)(H,45,57)(H,46,59)(H,48,58)/t18-,19+,20-,22+,24-,27-,28-,29-,32-,36-/m0/s1. The van der Waals surface area contributed by atoms with Gasteiger partial charge in [0.2, 0.25) is 41.4 Å². The number of Topliss-reactive ketones (excluding diaryl/α,β-unsaturated/α-hetero) is 2. The zero-order valence-corrected chi connectivity index (χ0v) is 36.0. The lowest BCUT2D eigenvalue weighted by molar-refractivity contribution is -0.145. The van der Waals surface area contributed by atoms with E-state index < -0.39 is 152 Å².